The second-order valence-corrected chi connectivity index (χ2v) is 7.16. The standard InChI is InChI=1S/C14H10ClN3O.C8H10ClNO.CH4.ClH/c1-3-18-7-11-12(14(18)19)13(15)9-6-8(16-2)4-5-10(9)17-11;1-11-8-3-2-6(5-10)4-7(8)9;;/h4-6H,3,7H2,1H3;2-4H,5,10H2,1H3;1H4;1H/i;5D2;;. The van der Waals surface area contributed by atoms with Crippen molar-refractivity contribution in [2.24, 2.45) is 5.73 Å². The Kier molecular flexibility index (Phi) is 8.95. The van der Waals surface area contributed by atoms with Gasteiger partial charge in [0.15, 0.2) is 5.69 Å². The Hall–Kier alpha value is -2.56. The smallest absolute Gasteiger partial charge is 0.257 e. The highest BCUT2D eigenvalue weighted by molar-refractivity contribution is 6.39. The van der Waals surface area contributed by atoms with E-state index >= 15 is 0 Å². The first-order valence-electron chi connectivity index (χ1n) is 10.0. The van der Waals surface area contributed by atoms with Crippen LogP contribution in [0.25, 0.3) is 15.7 Å². The Morgan fingerprint density at radius 3 is 2.59 bits per heavy atom. The number of methoxy groups -OCH3 is 1. The number of carbonyl (C=O) groups excluding carboxylic acids is 1. The SMILES string of the molecule is C.Cl.[2H]C([2H])(N)c1ccc(OC)c(Cl)c1.[C-]#[N+]c1ccc2nc3c(c(Cl)c2c1)C(=O)N(CC)C3. The molecule has 2 N–H and O–H groups in total. The predicted molar refractivity (Wildman–Crippen MR) is 133 cm³/mol. The van der Waals surface area contributed by atoms with Crippen molar-refractivity contribution in [2.45, 2.75) is 27.4 Å². The lowest BCUT2D eigenvalue weighted by Gasteiger charge is -2.10. The molecule has 1 aliphatic heterocycles. The summed E-state index contributed by atoms with van der Waals surface area (Å²) in [7, 11) is 1.50. The molecule has 0 atom stereocenters. The molecule has 0 saturated heterocycles. The minimum absolute atomic E-state index is 0. The van der Waals surface area contributed by atoms with E-state index in [4.69, 9.17) is 43.0 Å². The Labute approximate surface area is 207 Å². The number of pyridine rings is 1. The molecule has 0 unspecified atom stereocenters. The van der Waals surface area contributed by atoms with Crippen LogP contribution >= 0.6 is 35.6 Å². The highest BCUT2D eigenvalue weighted by Crippen LogP contribution is 2.35. The van der Waals surface area contributed by atoms with E-state index in [9.17, 15) is 4.79 Å². The zero-order chi connectivity index (χ0) is 23.6. The zero-order valence-corrected chi connectivity index (χ0v) is 19.1. The molecular formula is C23H25Cl3N4O2. The summed E-state index contributed by atoms with van der Waals surface area (Å²) in [6.45, 7) is 8.23. The fraction of sp³-hybridized carbons (Fsp3) is 0.261. The number of carbonyl (C=O) groups is 1. The minimum Gasteiger partial charge on any atom is -0.495 e. The monoisotopic (exact) mass is 496 g/mol. The number of aromatic nitrogens is 1. The highest BCUT2D eigenvalue weighted by atomic mass is 35.5. The van der Waals surface area contributed by atoms with Crippen LogP contribution in [0.3, 0.4) is 0 Å². The molecule has 0 bridgehead atoms. The maximum atomic E-state index is 12.2. The van der Waals surface area contributed by atoms with Crippen molar-refractivity contribution < 1.29 is 12.3 Å². The van der Waals surface area contributed by atoms with Crippen LogP contribution in [0.1, 0.15) is 38.7 Å². The van der Waals surface area contributed by atoms with Gasteiger partial charge >= 0.3 is 0 Å². The first-order chi connectivity index (χ1) is 15.1. The highest BCUT2D eigenvalue weighted by Gasteiger charge is 2.31. The van der Waals surface area contributed by atoms with Crippen molar-refractivity contribution in [3.63, 3.8) is 0 Å². The van der Waals surface area contributed by atoms with Crippen molar-refractivity contribution in [3.05, 3.63) is 74.7 Å². The molecule has 0 saturated carbocycles. The molecule has 1 amide bonds. The van der Waals surface area contributed by atoms with Crippen molar-refractivity contribution >= 4 is 58.1 Å². The number of rotatable bonds is 3. The largest absolute Gasteiger partial charge is 0.495 e. The van der Waals surface area contributed by atoms with Crippen LogP contribution in [0, 0.1) is 6.57 Å². The maximum Gasteiger partial charge on any atom is 0.257 e. The fourth-order valence-corrected chi connectivity index (χ4v) is 3.68. The van der Waals surface area contributed by atoms with Crippen molar-refractivity contribution in [2.75, 3.05) is 13.7 Å². The van der Waals surface area contributed by atoms with Crippen LogP contribution in [-0.2, 0) is 13.0 Å². The lowest BCUT2D eigenvalue weighted by Crippen LogP contribution is -2.23. The van der Waals surface area contributed by atoms with Gasteiger partial charge in [-0.15, -0.1) is 12.4 Å². The number of amides is 1. The van der Waals surface area contributed by atoms with Crippen molar-refractivity contribution in [3.8, 4) is 5.75 Å². The third-order valence-corrected chi connectivity index (χ3v) is 5.34. The second kappa shape index (κ2) is 11.9. The van der Waals surface area contributed by atoms with Gasteiger partial charge in [0.2, 0.25) is 0 Å². The quantitative estimate of drug-likeness (QED) is 0.432. The fourth-order valence-electron chi connectivity index (χ4n) is 3.08. The molecule has 0 fully saturated rings. The van der Waals surface area contributed by atoms with Gasteiger partial charge in [-0.25, -0.2) is 4.85 Å². The van der Waals surface area contributed by atoms with E-state index in [0.29, 0.717) is 51.1 Å². The summed E-state index contributed by atoms with van der Waals surface area (Å²) in [6, 6.07) is 9.75. The van der Waals surface area contributed by atoms with Gasteiger partial charge in [0, 0.05) is 21.2 Å². The molecule has 2 heterocycles. The van der Waals surface area contributed by atoms with E-state index < -0.39 is 6.50 Å². The van der Waals surface area contributed by atoms with Crippen LogP contribution in [0.15, 0.2) is 36.4 Å². The van der Waals surface area contributed by atoms with Gasteiger partial charge < -0.3 is 15.4 Å². The molecule has 0 spiro atoms. The lowest BCUT2D eigenvalue weighted by atomic mass is 10.1. The normalized spacial score (nSPS) is 12.9. The molecule has 2 aromatic carbocycles. The lowest BCUT2D eigenvalue weighted by molar-refractivity contribution is 0.0787. The minimum atomic E-state index is -1.87. The molecule has 170 valence electrons. The van der Waals surface area contributed by atoms with Crippen molar-refractivity contribution in [1.82, 2.24) is 9.88 Å². The third-order valence-electron chi connectivity index (χ3n) is 4.65. The van der Waals surface area contributed by atoms with Gasteiger partial charge in [0.05, 0.1) is 47.0 Å². The summed E-state index contributed by atoms with van der Waals surface area (Å²) in [5.41, 5.74) is 8.01. The summed E-state index contributed by atoms with van der Waals surface area (Å²) in [5.74, 6) is 0.430. The average Bonchev–Trinajstić information content (AvgIpc) is 3.09. The topological polar surface area (TPSA) is 72.8 Å². The van der Waals surface area contributed by atoms with Crippen LogP contribution < -0.4 is 10.5 Å². The summed E-state index contributed by atoms with van der Waals surface area (Å²) in [6.07, 6.45) is 0. The van der Waals surface area contributed by atoms with Crippen LogP contribution in [0.4, 0.5) is 5.69 Å². The molecule has 1 aliphatic rings. The molecule has 9 heteroatoms. The van der Waals surface area contributed by atoms with Gasteiger partial charge in [0.25, 0.3) is 5.91 Å². The summed E-state index contributed by atoms with van der Waals surface area (Å²) in [5, 5.41) is 1.43. The van der Waals surface area contributed by atoms with Crippen LogP contribution in [0.2, 0.25) is 10.0 Å². The van der Waals surface area contributed by atoms with Gasteiger partial charge in [-0.3, -0.25) is 9.78 Å². The number of nitrogens with two attached hydrogens (primary N) is 1. The third kappa shape index (κ3) is 5.43. The molecule has 6 nitrogen and oxygen atoms in total. The molecule has 32 heavy (non-hydrogen) atoms. The van der Waals surface area contributed by atoms with Gasteiger partial charge in [0.1, 0.15) is 5.75 Å². The predicted octanol–water partition coefficient (Wildman–Crippen LogP) is 6.28. The van der Waals surface area contributed by atoms with E-state index in [-0.39, 0.29) is 25.7 Å². The Morgan fingerprint density at radius 1 is 1.31 bits per heavy atom. The van der Waals surface area contributed by atoms with Crippen molar-refractivity contribution in [1.29, 1.82) is 0 Å². The summed E-state index contributed by atoms with van der Waals surface area (Å²) >= 11 is 12.1. The first-order valence-corrected chi connectivity index (χ1v) is 9.78. The molecular weight excluding hydrogens is 471 g/mol. The number of benzene rings is 2. The Morgan fingerprint density at radius 2 is 2.03 bits per heavy atom. The maximum absolute atomic E-state index is 12.2. The molecule has 0 radical (unpaired) electrons. The Balaban J connectivity index is 0.000000343. The molecule has 0 aliphatic carbocycles. The zero-order valence-electron chi connectivity index (χ0n) is 18.8. The number of hydrogen-bond acceptors (Lipinski definition) is 4. The van der Waals surface area contributed by atoms with Gasteiger partial charge in [-0.1, -0.05) is 42.8 Å². The van der Waals surface area contributed by atoms with Gasteiger partial charge in [-0.05, 0) is 36.8 Å². The first kappa shape index (κ1) is 24.1. The van der Waals surface area contributed by atoms with Gasteiger partial charge in [-0.2, -0.15) is 0 Å². The van der Waals surface area contributed by atoms with Crippen LogP contribution in [-0.4, -0.2) is 29.4 Å². The van der Waals surface area contributed by atoms with E-state index in [1.807, 2.05) is 6.92 Å². The van der Waals surface area contributed by atoms with E-state index in [0.717, 1.165) is 11.2 Å². The summed E-state index contributed by atoms with van der Waals surface area (Å²) in [4.78, 5) is 21.8. The number of halogens is 3. The van der Waals surface area contributed by atoms with E-state index in [1.54, 1.807) is 35.2 Å². The number of fused-ring (bicyclic) bond motifs is 2. The second-order valence-electron chi connectivity index (χ2n) is 6.37. The Bertz CT molecular complexity index is 1240. The number of nitrogens with zero attached hydrogens (tertiary/aromatic N) is 3. The molecule has 3 aromatic rings. The van der Waals surface area contributed by atoms with E-state index in [1.165, 1.54) is 13.2 Å². The van der Waals surface area contributed by atoms with E-state index in [2.05, 4.69) is 9.83 Å². The average molecular weight is 498 g/mol. The summed E-state index contributed by atoms with van der Waals surface area (Å²) < 4.78 is 19.4. The molecule has 4 rings (SSSR count). The molecule has 1 aromatic heterocycles. The number of ether oxygens (including phenoxy) is 1. The number of hydrogen-bond donors (Lipinski definition) is 1. The van der Waals surface area contributed by atoms with Crippen LogP contribution in [0.5, 0.6) is 5.75 Å².